The number of carboxylic acids is 1. The van der Waals surface area contributed by atoms with Crippen molar-refractivity contribution in [1.29, 1.82) is 0 Å². The van der Waals surface area contributed by atoms with Crippen LogP contribution in [0.4, 0.5) is 4.39 Å². The Morgan fingerprint density at radius 3 is 2.54 bits per heavy atom. The molecule has 0 amide bonds. The molecule has 0 saturated carbocycles. The highest BCUT2D eigenvalue weighted by molar-refractivity contribution is 5.66. The van der Waals surface area contributed by atoms with Gasteiger partial charge < -0.3 is 10.4 Å². The van der Waals surface area contributed by atoms with Gasteiger partial charge in [0, 0.05) is 30.8 Å². The summed E-state index contributed by atoms with van der Waals surface area (Å²) in [6, 6.07) is 16.5. The molecule has 3 rings (SSSR count). The van der Waals surface area contributed by atoms with Crippen LogP contribution in [0.1, 0.15) is 29.5 Å². The minimum Gasteiger partial charge on any atom is -0.481 e. The zero-order valence-corrected chi connectivity index (χ0v) is 15.6. The van der Waals surface area contributed by atoms with E-state index in [1.807, 2.05) is 29.1 Å². The van der Waals surface area contributed by atoms with Crippen molar-refractivity contribution >= 4 is 5.97 Å². The summed E-state index contributed by atoms with van der Waals surface area (Å²) in [4.78, 5) is 11.0. The summed E-state index contributed by atoms with van der Waals surface area (Å²) in [5.74, 6) is -1.04. The van der Waals surface area contributed by atoms with Crippen LogP contribution >= 0.6 is 0 Å². The molecular weight excluding hydrogens is 357 g/mol. The Labute approximate surface area is 163 Å². The summed E-state index contributed by atoms with van der Waals surface area (Å²) in [7, 11) is 0. The molecule has 0 radical (unpaired) electrons. The van der Waals surface area contributed by atoms with E-state index in [2.05, 4.69) is 22.5 Å². The molecule has 0 saturated heterocycles. The van der Waals surface area contributed by atoms with Crippen LogP contribution in [-0.4, -0.2) is 26.9 Å². The highest BCUT2D eigenvalue weighted by Crippen LogP contribution is 2.10. The van der Waals surface area contributed by atoms with Crippen molar-refractivity contribution in [2.45, 2.75) is 38.4 Å². The van der Waals surface area contributed by atoms with E-state index >= 15 is 0 Å². The van der Waals surface area contributed by atoms with E-state index in [9.17, 15) is 9.18 Å². The molecular formula is C22H24FN3O2. The lowest BCUT2D eigenvalue weighted by Crippen LogP contribution is -2.31. The number of nitrogens with zero attached hydrogens (tertiary/aromatic N) is 2. The van der Waals surface area contributed by atoms with E-state index in [-0.39, 0.29) is 18.3 Å². The lowest BCUT2D eigenvalue weighted by atomic mass is 10.0. The zero-order valence-electron chi connectivity index (χ0n) is 15.6. The average Bonchev–Trinajstić information content (AvgIpc) is 3.14. The number of aliphatic carboxylic acids is 1. The third-order valence-electron chi connectivity index (χ3n) is 4.57. The first-order valence-corrected chi connectivity index (χ1v) is 9.33. The number of hydrogen-bond donors (Lipinski definition) is 2. The fourth-order valence-corrected chi connectivity index (χ4v) is 3.10. The van der Waals surface area contributed by atoms with Crippen molar-refractivity contribution in [3.63, 3.8) is 0 Å². The number of nitrogens with one attached hydrogen (secondary N) is 1. The van der Waals surface area contributed by atoms with Gasteiger partial charge >= 0.3 is 5.97 Å². The molecule has 1 unspecified atom stereocenters. The first-order chi connectivity index (χ1) is 13.6. The summed E-state index contributed by atoms with van der Waals surface area (Å²) in [6.07, 6.45) is 5.22. The molecule has 28 heavy (non-hydrogen) atoms. The van der Waals surface area contributed by atoms with Crippen LogP contribution in [0.15, 0.2) is 67.0 Å². The molecule has 5 nitrogen and oxygen atoms in total. The second kappa shape index (κ2) is 9.80. The number of carbonyl (C=O) groups is 1. The van der Waals surface area contributed by atoms with Crippen LogP contribution in [0.3, 0.4) is 0 Å². The summed E-state index contributed by atoms with van der Waals surface area (Å²) in [5, 5.41) is 16.8. The van der Waals surface area contributed by atoms with Gasteiger partial charge in [-0.05, 0) is 36.1 Å². The minimum atomic E-state index is -0.785. The van der Waals surface area contributed by atoms with Gasteiger partial charge in [0.05, 0.1) is 12.7 Å². The predicted octanol–water partition coefficient (Wildman–Crippen LogP) is 3.64. The topological polar surface area (TPSA) is 67.2 Å². The Kier molecular flexibility index (Phi) is 6.92. The monoisotopic (exact) mass is 381 g/mol. The Morgan fingerprint density at radius 2 is 1.82 bits per heavy atom. The van der Waals surface area contributed by atoms with Gasteiger partial charge in [0.1, 0.15) is 5.82 Å². The molecule has 0 spiro atoms. The summed E-state index contributed by atoms with van der Waals surface area (Å²) in [5.41, 5.74) is 3.18. The number of halogens is 1. The molecule has 2 N–H and O–H groups in total. The lowest BCUT2D eigenvalue weighted by Gasteiger charge is -2.18. The molecule has 0 aliphatic carbocycles. The van der Waals surface area contributed by atoms with Crippen LogP contribution < -0.4 is 5.32 Å². The molecule has 0 fully saturated rings. The van der Waals surface area contributed by atoms with Gasteiger partial charge in [-0.3, -0.25) is 9.48 Å². The van der Waals surface area contributed by atoms with Crippen LogP contribution in [0.2, 0.25) is 0 Å². The zero-order chi connectivity index (χ0) is 19.8. The first kappa shape index (κ1) is 19.8. The van der Waals surface area contributed by atoms with Crippen molar-refractivity contribution in [3.8, 4) is 0 Å². The smallest absolute Gasteiger partial charge is 0.303 e. The van der Waals surface area contributed by atoms with Crippen molar-refractivity contribution < 1.29 is 14.3 Å². The molecule has 6 heteroatoms. The van der Waals surface area contributed by atoms with Gasteiger partial charge in [-0.15, -0.1) is 0 Å². The Bertz CT molecular complexity index is 878. The Morgan fingerprint density at radius 1 is 1.07 bits per heavy atom. The van der Waals surface area contributed by atoms with Gasteiger partial charge in [-0.25, -0.2) is 4.39 Å². The molecule has 2 aromatic carbocycles. The highest BCUT2D eigenvalue weighted by Gasteiger charge is 2.12. The molecule has 3 aromatic rings. The van der Waals surface area contributed by atoms with E-state index in [0.29, 0.717) is 19.5 Å². The molecule has 0 aliphatic heterocycles. The predicted molar refractivity (Wildman–Crippen MR) is 105 cm³/mol. The largest absolute Gasteiger partial charge is 0.481 e. The molecule has 146 valence electrons. The van der Waals surface area contributed by atoms with Crippen LogP contribution in [-0.2, 0) is 24.3 Å². The number of carboxylic acid groups (broad SMARTS) is 1. The molecule has 1 atom stereocenters. The minimum absolute atomic E-state index is 0.0685. The Balaban J connectivity index is 1.56. The van der Waals surface area contributed by atoms with Crippen molar-refractivity contribution in [1.82, 2.24) is 15.1 Å². The van der Waals surface area contributed by atoms with E-state index in [0.717, 1.165) is 17.5 Å². The maximum atomic E-state index is 13.0. The SMILES string of the molecule is O=C(O)CCC(Cc1ccccc1)NCc1cnn(Cc2ccc(F)cc2)c1. The van der Waals surface area contributed by atoms with Crippen LogP contribution in [0.5, 0.6) is 0 Å². The molecule has 1 heterocycles. The second-order valence-electron chi connectivity index (χ2n) is 6.87. The van der Waals surface area contributed by atoms with Gasteiger partial charge in [-0.2, -0.15) is 5.10 Å². The third kappa shape index (κ3) is 6.32. The summed E-state index contributed by atoms with van der Waals surface area (Å²) >= 11 is 0. The first-order valence-electron chi connectivity index (χ1n) is 9.33. The highest BCUT2D eigenvalue weighted by atomic mass is 19.1. The van der Waals surface area contributed by atoms with E-state index in [1.165, 1.54) is 17.7 Å². The third-order valence-corrected chi connectivity index (χ3v) is 4.57. The van der Waals surface area contributed by atoms with E-state index < -0.39 is 5.97 Å². The summed E-state index contributed by atoms with van der Waals surface area (Å²) < 4.78 is 14.8. The van der Waals surface area contributed by atoms with Crippen LogP contribution in [0, 0.1) is 5.82 Å². The fraction of sp³-hybridized carbons (Fsp3) is 0.273. The number of aromatic nitrogens is 2. The number of rotatable bonds is 10. The average molecular weight is 381 g/mol. The number of hydrogen-bond acceptors (Lipinski definition) is 3. The van der Waals surface area contributed by atoms with Gasteiger partial charge in [0.2, 0.25) is 0 Å². The molecule has 0 bridgehead atoms. The Hall–Kier alpha value is -2.99. The number of benzene rings is 2. The normalized spacial score (nSPS) is 12.0. The quantitative estimate of drug-likeness (QED) is 0.563. The van der Waals surface area contributed by atoms with Crippen molar-refractivity contribution in [2.75, 3.05) is 0 Å². The standard InChI is InChI=1S/C22H24FN3O2/c23-20-8-6-18(7-9-20)15-26-16-19(14-25-26)13-24-21(10-11-22(27)28)12-17-4-2-1-3-5-17/h1-9,14,16,21,24H,10-13,15H2,(H,27,28). The van der Waals surface area contributed by atoms with Gasteiger partial charge in [-0.1, -0.05) is 42.5 Å². The second-order valence-corrected chi connectivity index (χ2v) is 6.87. The maximum Gasteiger partial charge on any atom is 0.303 e. The lowest BCUT2D eigenvalue weighted by molar-refractivity contribution is -0.137. The summed E-state index contributed by atoms with van der Waals surface area (Å²) in [6.45, 7) is 1.19. The van der Waals surface area contributed by atoms with Crippen molar-refractivity contribution in [2.24, 2.45) is 0 Å². The molecule has 1 aromatic heterocycles. The maximum absolute atomic E-state index is 13.0. The molecule has 0 aliphatic rings. The van der Waals surface area contributed by atoms with Crippen LogP contribution in [0.25, 0.3) is 0 Å². The van der Waals surface area contributed by atoms with E-state index in [4.69, 9.17) is 5.11 Å². The van der Waals surface area contributed by atoms with Crippen molar-refractivity contribution in [3.05, 3.63) is 89.5 Å². The van der Waals surface area contributed by atoms with Gasteiger partial charge in [0.25, 0.3) is 0 Å². The van der Waals surface area contributed by atoms with E-state index in [1.54, 1.807) is 18.3 Å². The van der Waals surface area contributed by atoms with Gasteiger partial charge in [0.15, 0.2) is 0 Å². The fourth-order valence-electron chi connectivity index (χ4n) is 3.10.